The average molecular weight is 296 g/mol. The van der Waals surface area contributed by atoms with Gasteiger partial charge < -0.3 is 15.0 Å². The lowest BCUT2D eigenvalue weighted by atomic mass is 10.3. The van der Waals surface area contributed by atoms with Crippen LogP contribution in [0.4, 0.5) is 0 Å². The summed E-state index contributed by atoms with van der Waals surface area (Å²) in [5.41, 5.74) is 3.62. The van der Waals surface area contributed by atoms with Crippen LogP contribution in [0.2, 0.25) is 0 Å². The third kappa shape index (κ3) is 3.79. The lowest BCUT2D eigenvalue weighted by Crippen LogP contribution is -2.23. The van der Waals surface area contributed by atoms with Crippen LogP contribution in [-0.2, 0) is 11.3 Å². The second-order valence-corrected chi connectivity index (χ2v) is 6.07. The van der Waals surface area contributed by atoms with Gasteiger partial charge in [0.15, 0.2) is 4.96 Å². The van der Waals surface area contributed by atoms with E-state index in [1.165, 1.54) is 11.4 Å². The van der Waals surface area contributed by atoms with E-state index in [0.29, 0.717) is 0 Å². The fourth-order valence-corrected chi connectivity index (χ4v) is 3.01. The van der Waals surface area contributed by atoms with Gasteiger partial charge in [-0.1, -0.05) is 0 Å². The molecule has 0 fully saturated rings. The number of nitrogens with one attached hydrogen (secondary N) is 1. The number of rotatable bonds is 8. The van der Waals surface area contributed by atoms with Crippen molar-refractivity contribution < 1.29 is 4.74 Å². The van der Waals surface area contributed by atoms with Crippen molar-refractivity contribution in [2.24, 2.45) is 0 Å². The summed E-state index contributed by atoms with van der Waals surface area (Å²) in [6, 6.07) is 0. The van der Waals surface area contributed by atoms with Crippen LogP contribution < -0.4 is 5.32 Å². The number of likely N-dealkylation sites (N-methyl/N-ethyl adjacent to an activating group) is 1. The zero-order chi connectivity index (χ0) is 14.5. The van der Waals surface area contributed by atoms with Crippen molar-refractivity contribution in [1.82, 2.24) is 19.6 Å². The maximum atomic E-state index is 5.57. The molecule has 2 heterocycles. The molecule has 0 unspecified atom stereocenters. The van der Waals surface area contributed by atoms with Crippen LogP contribution in [0.3, 0.4) is 0 Å². The zero-order valence-electron chi connectivity index (χ0n) is 12.8. The highest BCUT2D eigenvalue weighted by Gasteiger charge is 2.11. The number of hydrogen-bond donors (Lipinski definition) is 1. The molecule has 0 amide bonds. The highest BCUT2D eigenvalue weighted by atomic mass is 32.1. The van der Waals surface area contributed by atoms with Crippen molar-refractivity contribution in [3.63, 3.8) is 0 Å². The highest BCUT2D eigenvalue weighted by molar-refractivity contribution is 7.15. The Morgan fingerprint density at radius 3 is 2.90 bits per heavy atom. The van der Waals surface area contributed by atoms with Gasteiger partial charge in [-0.15, -0.1) is 11.3 Å². The van der Waals surface area contributed by atoms with E-state index in [-0.39, 0.29) is 0 Å². The summed E-state index contributed by atoms with van der Waals surface area (Å²) in [4.78, 5) is 7.79. The Labute approximate surface area is 124 Å². The van der Waals surface area contributed by atoms with Gasteiger partial charge in [0.1, 0.15) is 0 Å². The average Bonchev–Trinajstić information content (AvgIpc) is 2.89. The molecule has 0 aromatic carbocycles. The largest absolute Gasteiger partial charge is 0.379 e. The molecule has 0 saturated carbocycles. The molecule has 5 nitrogen and oxygen atoms in total. The Balaban J connectivity index is 1.76. The highest BCUT2D eigenvalue weighted by Crippen LogP contribution is 2.20. The molecule has 20 heavy (non-hydrogen) atoms. The summed E-state index contributed by atoms with van der Waals surface area (Å²) in [5, 5.41) is 5.58. The molecule has 0 spiro atoms. The van der Waals surface area contributed by atoms with Crippen LogP contribution in [0.1, 0.15) is 17.1 Å². The fourth-order valence-electron chi connectivity index (χ4n) is 2.08. The molecule has 0 bridgehead atoms. The van der Waals surface area contributed by atoms with Gasteiger partial charge in [0, 0.05) is 30.7 Å². The number of nitrogens with zero attached hydrogens (tertiary/aromatic N) is 3. The Kier molecular flexibility index (Phi) is 5.54. The summed E-state index contributed by atoms with van der Waals surface area (Å²) in [5.74, 6) is 0. The van der Waals surface area contributed by atoms with E-state index in [9.17, 15) is 0 Å². The molecule has 112 valence electrons. The number of imidazole rings is 1. The quantitative estimate of drug-likeness (QED) is 0.753. The van der Waals surface area contributed by atoms with Crippen LogP contribution >= 0.6 is 11.3 Å². The van der Waals surface area contributed by atoms with E-state index in [2.05, 4.69) is 52.9 Å². The molecule has 0 aliphatic rings. The predicted molar refractivity (Wildman–Crippen MR) is 83.6 cm³/mol. The normalized spacial score (nSPS) is 11.8. The minimum atomic E-state index is 0.747. The zero-order valence-corrected chi connectivity index (χ0v) is 13.6. The second kappa shape index (κ2) is 7.17. The van der Waals surface area contributed by atoms with E-state index in [0.717, 1.165) is 43.5 Å². The van der Waals surface area contributed by atoms with E-state index in [4.69, 9.17) is 4.74 Å². The summed E-state index contributed by atoms with van der Waals surface area (Å²) in [6.07, 6.45) is 0. The van der Waals surface area contributed by atoms with Gasteiger partial charge in [-0.05, 0) is 27.9 Å². The Morgan fingerprint density at radius 2 is 2.15 bits per heavy atom. The van der Waals surface area contributed by atoms with E-state index >= 15 is 0 Å². The van der Waals surface area contributed by atoms with Gasteiger partial charge in [0.05, 0.1) is 24.6 Å². The van der Waals surface area contributed by atoms with E-state index in [1.54, 1.807) is 11.3 Å². The van der Waals surface area contributed by atoms with Gasteiger partial charge in [0.25, 0.3) is 0 Å². The lowest BCUT2D eigenvalue weighted by Gasteiger charge is -2.10. The van der Waals surface area contributed by atoms with Gasteiger partial charge in [-0.3, -0.25) is 4.40 Å². The first-order valence-corrected chi connectivity index (χ1v) is 7.82. The van der Waals surface area contributed by atoms with Crippen LogP contribution in [0.5, 0.6) is 0 Å². The standard InChI is InChI=1S/C14H24N4OS/c1-11-10-20-14-16-12(2)13(18(11)14)9-15-5-7-19-8-6-17(3)4/h10,15H,5-9H2,1-4H3. The summed E-state index contributed by atoms with van der Waals surface area (Å²) in [6.45, 7) is 8.40. The Bertz CT molecular complexity index is 547. The third-order valence-electron chi connectivity index (χ3n) is 3.23. The fraction of sp³-hybridized carbons (Fsp3) is 0.643. The van der Waals surface area contributed by atoms with Crippen molar-refractivity contribution >= 4 is 16.3 Å². The van der Waals surface area contributed by atoms with Crippen molar-refractivity contribution in [1.29, 1.82) is 0 Å². The Hall–Kier alpha value is -0.950. The van der Waals surface area contributed by atoms with Crippen LogP contribution in [-0.4, -0.2) is 54.7 Å². The van der Waals surface area contributed by atoms with Gasteiger partial charge in [-0.2, -0.15) is 0 Å². The summed E-state index contributed by atoms with van der Waals surface area (Å²) >= 11 is 1.70. The van der Waals surface area contributed by atoms with E-state index in [1.807, 2.05) is 0 Å². The molecule has 6 heteroatoms. The molecule has 2 aromatic heterocycles. The van der Waals surface area contributed by atoms with Crippen molar-refractivity contribution in [3.8, 4) is 0 Å². The number of aryl methyl sites for hydroxylation is 2. The topological polar surface area (TPSA) is 41.8 Å². The van der Waals surface area contributed by atoms with Crippen LogP contribution in [0.15, 0.2) is 5.38 Å². The number of aromatic nitrogens is 2. The third-order valence-corrected chi connectivity index (χ3v) is 4.17. The first-order valence-electron chi connectivity index (χ1n) is 6.95. The number of ether oxygens (including phenoxy) is 1. The van der Waals surface area contributed by atoms with Crippen molar-refractivity contribution in [2.75, 3.05) is 40.4 Å². The Morgan fingerprint density at radius 1 is 1.35 bits per heavy atom. The minimum Gasteiger partial charge on any atom is -0.379 e. The SMILES string of the molecule is Cc1nc2scc(C)n2c1CNCCOCCN(C)C. The molecule has 0 saturated heterocycles. The first-order chi connectivity index (χ1) is 9.59. The minimum absolute atomic E-state index is 0.747. The summed E-state index contributed by atoms with van der Waals surface area (Å²) in [7, 11) is 4.11. The second-order valence-electron chi connectivity index (χ2n) is 5.23. The first kappa shape index (κ1) is 15.4. The molecular formula is C14H24N4OS. The van der Waals surface area contributed by atoms with Gasteiger partial charge in [-0.25, -0.2) is 4.98 Å². The maximum absolute atomic E-state index is 5.57. The van der Waals surface area contributed by atoms with Gasteiger partial charge >= 0.3 is 0 Å². The van der Waals surface area contributed by atoms with Crippen LogP contribution in [0.25, 0.3) is 4.96 Å². The molecule has 2 rings (SSSR count). The number of hydrogen-bond acceptors (Lipinski definition) is 5. The molecule has 0 aliphatic carbocycles. The van der Waals surface area contributed by atoms with E-state index < -0.39 is 0 Å². The van der Waals surface area contributed by atoms with Crippen LogP contribution in [0, 0.1) is 13.8 Å². The monoisotopic (exact) mass is 296 g/mol. The lowest BCUT2D eigenvalue weighted by molar-refractivity contribution is 0.119. The molecular weight excluding hydrogens is 272 g/mol. The predicted octanol–water partition coefficient (Wildman–Crippen LogP) is 1.68. The molecule has 1 N–H and O–H groups in total. The van der Waals surface area contributed by atoms with Crippen molar-refractivity contribution in [2.45, 2.75) is 20.4 Å². The smallest absolute Gasteiger partial charge is 0.194 e. The maximum Gasteiger partial charge on any atom is 0.194 e. The number of fused-ring (bicyclic) bond motifs is 1. The molecule has 0 aliphatic heterocycles. The molecule has 2 aromatic rings. The number of thiazole rings is 1. The van der Waals surface area contributed by atoms with Gasteiger partial charge in [0.2, 0.25) is 0 Å². The van der Waals surface area contributed by atoms with Crippen molar-refractivity contribution in [3.05, 3.63) is 22.5 Å². The summed E-state index contributed by atoms with van der Waals surface area (Å²) < 4.78 is 7.80. The molecule has 0 atom stereocenters. The molecule has 0 radical (unpaired) electrons.